The first kappa shape index (κ1) is 16.3. The summed E-state index contributed by atoms with van der Waals surface area (Å²) in [5, 5.41) is 5.46. The van der Waals surface area contributed by atoms with Crippen molar-refractivity contribution in [1.29, 1.82) is 0 Å². The highest BCUT2D eigenvalue weighted by molar-refractivity contribution is 7.91. The van der Waals surface area contributed by atoms with Gasteiger partial charge in [-0.05, 0) is 42.1 Å². The second-order valence-corrected chi connectivity index (χ2v) is 6.96. The average molecular weight is 340 g/mol. The summed E-state index contributed by atoms with van der Waals surface area (Å²) in [6, 6.07) is 8.41. The number of benzene rings is 1. The zero-order valence-corrected chi connectivity index (χ0v) is 13.8. The highest BCUT2D eigenvalue weighted by atomic mass is 32.2. The molecule has 2 rings (SSSR count). The Hall–Kier alpha value is -2.06. The zero-order valence-electron chi connectivity index (χ0n) is 12.1. The molecule has 22 heavy (non-hydrogen) atoms. The number of nitrogens with one attached hydrogen (secondary N) is 1. The van der Waals surface area contributed by atoms with E-state index in [9.17, 15) is 8.42 Å². The van der Waals surface area contributed by atoms with Crippen LogP contribution in [-0.2, 0) is 10.0 Å². The predicted octanol–water partition coefficient (Wildman–Crippen LogP) is 2.47. The van der Waals surface area contributed by atoms with Crippen LogP contribution in [0.4, 0.5) is 0 Å². The molecule has 0 amide bonds. The summed E-state index contributed by atoms with van der Waals surface area (Å²) in [4.78, 5) is 2.17. The number of hydrogen-bond acceptors (Lipinski definition) is 6. The molecule has 0 saturated heterocycles. The Kier molecular flexibility index (Phi) is 5.40. The summed E-state index contributed by atoms with van der Waals surface area (Å²) in [6.45, 7) is 2.42. The maximum absolute atomic E-state index is 11.9. The van der Waals surface area contributed by atoms with Gasteiger partial charge in [0.15, 0.2) is 11.5 Å². The third-order valence-electron chi connectivity index (χ3n) is 2.63. The Morgan fingerprint density at radius 2 is 2.14 bits per heavy atom. The van der Waals surface area contributed by atoms with Crippen molar-refractivity contribution in [3.05, 3.63) is 41.3 Å². The third kappa shape index (κ3) is 3.99. The van der Waals surface area contributed by atoms with Crippen molar-refractivity contribution in [3.63, 3.8) is 0 Å². The second-order valence-electron chi connectivity index (χ2n) is 4.13. The van der Waals surface area contributed by atoms with E-state index in [0.717, 1.165) is 11.3 Å². The molecule has 0 bridgehead atoms. The topological polar surface area (TPSA) is 77.0 Å². The normalized spacial score (nSPS) is 11.5. The lowest BCUT2D eigenvalue weighted by Crippen LogP contribution is -2.17. The second kappa shape index (κ2) is 7.28. The van der Waals surface area contributed by atoms with Gasteiger partial charge in [-0.15, -0.1) is 11.3 Å². The monoisotopic (exact) mass is 340 g/mol. The highest BCUT2D eigenvalue weighted by Crippen LogP contribution is 2.27. The smallest absolute Gasteiger partial charge is 0.286 e. The van der Waals surface area contributed by atoms with Gasteiger partial charge in [-0.1, -0.05) is 6.07 Å². The number of thiophene rings is 1. The van der Waals surface area contributed by atoms with E-state index in [-0.39, 0.29) is 4.21 Å². The van der Waals surface area contributed by atoms with Crippen molar-refractivity contribution in [1.82, 2.24) is 4.83 Å². The summed E-state index contributed by atoms with van der Waals surface area (Å²) < 4.78 is 34.6. The molecular weight excluding hydrogens is 324 g/mol. The molecule has 1 N–H and O–H groups in total. The predicted molar refractivity (Wildman–Crippen MR) is 86.4 cm³/mol. The number of hydrazone groups is 1. The van der Waals surface area contributed by atoms with E-state index in [2.05, 4.69) is 9.93 Å². The minimum Gasteiger partial charge on any atom is -0.493 e. The van der Waals surface area contributed by atoms with E-state index < -0.39 is 10.0 Å². The van der Waals surface area contributed by atoms with Gasteiger partial charge in [-0.25, -0.2) is 0 Å². The van der Waals surface area contributed by atoms with Crippen molar-refractivity contribution >= 4 is 27.6 Å². The maximum Gasteiger partial charge on any atom is 0.286 e. The fourth-order valence-electron chi connectivity index (χ4n) is 1.67. The third-order valence-corrected chi connectivity index (χ3v) is 5.25. The van der Waals surface area contributed by atoms with E-state index in [1.165, 1.54) is 19.4 Å². The quantitative estimate of drug-likeness (QED) is 0.620. The lowest BCUT2D eigenvalue weighted by molar-refractivity contribution is 0.311. The van der Waals surface area contributed by atoms with Crippen LogP contribution in [-0.4, -0.2) is 28.3 Å². The van der Waals surface area contributed by atoms with E-state index in [4.69, 9.17) is 9.47 Å². The minimum atomic E-state index is -3.60. The molecular formula is C14H16N2O4S2. The van der Waals surface area contributed by atoms with Crippen LogP contribution < -0.4 is 14.3 Å². The molecule has 0 spiro atoms. The number of hydrogen-bond donors (Lipinski definition) is 1. The molecule has 0 fully saturated rings. The molecule has 8 heteroatoms. The van der Waals surface area contributed by atoms with Crippen LogP contribution in [0.5, 0.6) is 11.5 Å². The van der Waals surface area contributed by atoms with E-state index >= 15 is 0 Å². The first-order valence-electron chi connectivity index (χ1n) is 6.46. The molecule has 118 valence electrons. The minimum absolute atomic E-state index is 0.217. The molecule has 0 radical (unpaired) electrons. The standard InChI is InChI=1S/C14H16N2O4S2/c1-3-20-12-7-6-11(9-13(12)19-2)10-15-16-22(17,18)14-5-4-8-21-14/h4-10,16H,3H2,1-2H3/b15-10+. The molecule has 2 aromatic rings. The van der Waals surface area contributed by atoms with E-state index in [1.807, 2.05) is 6.92 Å². The van der Waals surface area contributed by atoms with Crippen molar-refractivity contribution in [2.75, 3.05) is 13.7 Å². The number of sulfonamides is 1. The van der Waals surface area contributed by atoms with Crippen LogP contribution in [0.25, 0.3) is 0 Å². The molecule has 0 aliphatic heterocycles. The SMILES string of the molecule is CCOc1ccc(/C=N/NS(=O)(=O)c2cccs2)cc1OC. The Morgan fingerprint density at radius 1 is 1.32 bits per heavy atom. The van der Waals surface area contributed by atoms with Crippen molar-refractivity contribution in [2.45, 2.75) is 11.1 Å². The van der Waals surface area contributed by atoms with E-state index in [1.54, 1.807) is 29.6 Å². The van der Waals surface area contributed by atoms with Crippen LogP contribution in [0.15, 0.2) is 45.0 Å². The van der Waals surface area contributed by atoms with Crippen LogP contribution in [0.3, 0.4) is 0 Å². The van der Waals surface area contributed by atoms with Crippen LogP contribution in [0.2, 0.25) is 0 Å². The van der Waals surface area contributed by atoms with Crippen molar-refractivity contribution in [2.24, 2.45) is 5.10 Å². The maximum atomic E-state index is 11.9. The number of nitrogens with zero attached hydrogens (tertiary/aromatic N) is 1. The van der Waals surface area contributed by atoms with Gasteiger partial charge in [0.1, 0.15) is 4.21 Å². The molecule has 6 nitrogen and oxygen atoms in total. The van der Waals surface area contributed by atoms with Crippen LogP contribution >= 0.6 is 11.3 Å². The van der Waals surface area contributed by atoms with Gasteiger partial charge < -0.3 is 9.47 Å². The summed E-state index contributed by atoms with van der Waals surface area (Å²) in [5.74, 6) is 1.19. The molecule has 0 aliphatic carbocycles. The highest BCUT2D eigenvalue weighted by Gasteiger charge is 2.13. The number of rotatable bonds is 7. The first-order chi connectivity index (χ1) is 10.6. The van der Waals surface area contributed by atoms with Gasteiger partial charge in [0.2, 0.25) is 0 Å². The summed E-state index contributed by atoms with van der Waals surface area (Å²) >= 11 is 1.13. The lowest BCUT2D eigenvalue weighted by atomic mass is 10.2. The summed E-state index contributed by atoms with van der Waals surface area (Å²) in [6.07, 6.45) is 1.41. The molecule has 1 heterocycles. The molecule has 1 aromatic carbocycles. The Morgan fingerprint density at radius 3 is 2.77 bits per heavy atom. The van der Waals surface area contributed by atoms with Crippen molar-refractivity contribution in [3.8, 4) is 11.5 Å². The lowest BCUT2D eigenvalue weighted by Gasteiger charge is -2.09. The zero-order chi connectivity index (χ0) is 16.0. The number of ether oxygens (including phenoxy) is 2. The van der Waals surface area contributed by atoms with Gasteiger partial charge in [-0.3, -0.25) is 0 Å². The summed E-state index contributed by atoms with van der Waals surface area (Å²) in [7, 11) is -2.06. The van der Waals surface area contributed by atoms with Gasteiger partial charge in [0.25, 0.3) is 10.0 Å². The molecule has 0 atom stereocenters. The fourth-order valence-corrected chi connectivity index (χ4v) is 3.44. The molecule has 0 saturated carbocycles. The first-order valence-corrected chi connectivity index (χ1v) is 8.82. The van der Waals surface area contributed by atoms with Gasteiger partial charge in [0, 0.05) is 0 Å². The Bertz CT molecular complexity index is 740. The van der Waals surface area contributed by atoms with E-state index in [0.29, 0.717) is 23.7 Å². The van der Waals surface area contributed by atoms with Gasteiger partial charge >= 0.3 is 0 Å². The average Bonchev–Trinajstić information content (AvgIpc) is 3.04. The Balaban J connectivity index is 2.10. The summed E-state index contributed by atoms with van der Waals surface area (Å²) in [5.41, 5.74) is 0.689. The molecule has 0 aliphatic rings. The van der Waals surface area contributed by atoms with Gasteiger partial charge in [-0.2, -0.15) is 18.4 Å². The fraction of sp³-hybridized carbons (Fsp3) is 0.214. The Labute approximate surface area is 133 Å². The van der Waals surface area contributed by atoms with Crippen LogP contribution in [0.1, 0.15) is 12.5 Å². The molecule has 0 unspecified atom stereocenters. The van der Waals surface area contributed by atoms with Crippen LogP contribution in [0, 0.1) is 0 Å². The largest absolute Gasteiger partial charge is 0.493 e. The van der Waals surface area contributed by atoms with Gasteiger partial charge in [0.05, 0.1) is 19.9 Å². The number of methoxy groups -OCH3 is 1. The van der Waals surface area contributed by atoms with Crippen molar-refractivity contribution < 1.29 is 17.9 Å². The molecule has 1 aromatic heterocycles.